The second-order valence-corrected chi connectivity index (χ2v) is 9.21. The number of unbranched alkanes of at least 4 members (excludes halogenated alkanes) is 1. The van der Waals surface area contributed by atoms with Crippen LogP contribution in [0.4, 0.5) is 5.82 Å². The number of rotatable bonds is 9. The zero-order chi connectivity index (χ0) is 22.9. The molecule has 0 aliphatic heterocycles. The Hall–Kier alpha value is -2.42. The second kappa shape index (κ2) is 12.0. The van der Waals surface area contributed by atoms with Gasteiger partial charge in [-0.05, 0) is 68.9 Å². The highest BCUT2D eigenvalue weighted by atomic mass is 16.3. The van der Waals surface area contributed by atoms with Crippen molar-refractivity contribution in [3.05, 3.63) is 48.2 Å². The van der Waals surface area contributed by atoms with E-state index >= 15 is 0 Å². The summed E-state index contributed by atoms with van der Waals surface area (Å²) in [5, 5.41) is 23.7. The number of aliphatic hydroxyl groups is 2. The largest absolute Gasteiger partial charge is 0.392 e. The fraction of sp³-hybridized carbons (Fsp3) is 0.556. The molecular weight excluding hydrogens is 400 g/mol. The first-order chi connectivity index (χ1) is 15.5. The third-order valence-electron chi connectivity index (χ3n) is 6.80. The minimum Gasteiger partial charge on any atom is -0.392 e. The SMILES string of the molecule is CC#CC[C@@H](C)[C@H](O)C=C[C@@H]1[C@H]2CC(=CCCCC(=O)Nc3ccccn3)C[C@H]2C[C@H]1O. The molecule has 0 saturated heterocycles. The third kappa shape index (κ3) is 6.79. The summed E-state index contributed by atoms with van der Waals surface area (Å²) in [4.78, 5) is 16.2. The molecule has 3 rings (SSSR count). The number of allylic oxidation sites excluding steroid dienone is 2. The summed E-state index contributed by atoms with van der Waals surface area (Å²) in [5.41, 5.74) is 1.45. The molecule has 32 heavy (non-hydrogen) atoms. The quantitative estimate of drug-likeness (QED) is 0.303. The van der Waals surface area contributed by atoms with Gasteiger partial charge in [-0.25, -0.2) is 4.98 Å². The van der Waals surface area contributed by atoms with Crippen LogP contribution in [0.15, 0.2) is 48.2 Å². The highest BCUT2D eigenvalue weighted by Crippen LogP contribution is 2.50. The molecule has 2 fully saturated rings. The first-order valence-corrected chi connectivity index (χ1v) is 11.8. The lowest BCUT2D eigenvalue weighted by molar-refractivity contribution is -0.116. The summed E-state index contributed by atoms with van der Waals surface area (Å²) < 4.78 is 0. The standard InChI is InChI=1S/C27H36N2O3/c1-3-4-9-19(2)24(30)14-13-22-23-17-20(16-21(23)18-25(22)31)10-5-6-12-27(32)29-26-11-7-8-15-28-26/h7-8,10-11,13-15,19,21-25,30-31H,5-6,9,12,16-18H2,1-2H3,(H,28,29,32)/t19-,21+,22-,23+,24-,25-/m1/s1. The number of pyridine rings is 1. The lowest BCUT2D eigenvalue weighted by Crippen LogP contribution is -2.19. The topological polar surface area (TPSA) is 82.5 Å². The number of fused-ring (bicyclic) bond motifs is 1. The minimum absolute atomic E-state index is 0.00332. The Balaban J connectivity index is 1.44. The molecule has 1 heterocycles. The molecule has 1 aromatic heterocycles. The fourth-order valence-electron chi connectivity index (χ4n) is 4.97. The van der Waals surface area contributed by atoms with Gasteiger partial charge in [-0.2, -0.15) is 0 Å². The van der Waals surface area contributed by atoms with Crippen LogP contribution in [0.1, 0.15) is 58.8 Å². The van der Waals surface area contributed by atoms with Gasteiger partial charge in [-0.1, -0.05) is 36.8 Å². The number of nitrogens with zero attached hydrogens (tertiary/aromatic N) is 1. The van der Waals surface area contributed by atoms with E-state index in [9.17, 15) is 15.0 Å². The van der Waals surface area contributed by atoms with E-state index in [-0.39, 0.29) is 23.8 Å². The van der Waals surface area contributed by atoms with Crippen LogP contribution in [0.3, 0.4) is 0 Å². The molecule has 0 aromatic carbocycles. The van der Waals surface area contributed by atoms with Gasteiger partial charge >= 0.3 is 0 Å². The van der Waals surface area contributed by atoms with Gasteiger partial charge in [0.05, 0.1) is 12.2 Å². The van der Waals surface area contributed by atoms with Crippen LogP contribution >= 0.6 is 0 Å². The van der Waals surface area contributed by atoms with Crippen molar-refractivity contribution >= 4 is 11.7 Å². The smallest absolute Gasteiger partial charge is 0.225 e. The van der Waals surface area contributed by atoms with E-state index in [4.69, 9.17) is 0 Å². The van der Waals surface area contributed by atoms with E-state index in [1.165, 1.54) is 5.57 Å². The molecule has 0 radical (unpaired) electrons. The van der Waals surface area contributed by atoms with E-state index in [2.05, 4.69) is 28.2 Å². The van der Waals surface area contributed by atoms with Crippen LogP contribution in [0, 0.1) is 35.5 Å². The summed E-state index contributed by atoms with van der Waals surface area (Å²) in [6.45, 7) is 3.81. The maximum atomic E-state index is 12.0. The molecule has 5 heteroatoms. The summed E-state index contributed by atoms with van der Waals surface area (Å²) in [5.74, 6) is 7.63. The number of nitrogens with one attached hydrogen (secondary N) is 1. The Morgan fingerprint density at radius 3 is 2.97 bits per heavy atom. The van der Waals surface area contributed by atoms with Crippen molar-refractivity contribution in [2.45, 2.75) is 71.0 Å². The minimum atomic E-state index is -0.532. The molecule has 2 aliphatic rings. The predicted molar refractivity (Wildman–Crippen MR) is 128 cm³/mol. The van der Waals surface area contributed by atoms with E-state index < -0.39 is 6.10 Å². The van der Waals surface area contributed by atoms with Crippen LogP contribution in [0.2, 0.25) is 0 Å². The van der Waals surface area contributed by atoms with Gasteiger partial charge in [0.25, 0.3) is 0 Å². The zero-order valence-electron chi connectivity index (χ0n) is 19.2. The summed E-state index contributed by atoms with van der Waals surface area (Å²) in [7, 11) is 0. The maximum absolute atomic E-state index is 12.0. The summed E-state index contributed by atoms with van der Waals surface area (Å²) in [6, 6.07) is 5.46. The van der Waals surface area contributed by atoms with Gasteiger partial charge in [0, 0.05) is 25.0 Å². The number of aliphatic hydroxyl groups excluding tert-OH is 2. The molecule has 172 valence electrons. The van der Waals surface area contributed by atoms with Gasteiger partial charge in [0.1, 0.15) is 5.82 Å². The number of carbonyl (C=O) groups excluding carboxylic acids is 1. The number of aromatic nitrogens is 1. The number of carbonyl (C=O) groups is 1. The first-order valence-electron chi connectivity index (χ1n) is 11.8. The molecule has 5 nitrogen and oxygen atoms in total. The van der Waals surface area contributed by atoms with Crippen molar-refractivity contribution in [2.24, 2.45) is 23.7 Å². The lowest BCUT2D eigenvalue weighted by atomic mass is 9.89. The molecule has 0 bridgehead atoms. The predicted octanol–water partition coefficient (Wildman–Crippen LogP) is 4.49. The number of anilines is 1. The van der Waals surface area contributed by atoms with Crippen molar-refractivity contribution in [1.29, 1.82) is 0 Å². The van der Waals surface area contributed by atoms with Crippen LogP contribution in [-0.2, 0) is 4.79 Å². The second-order valence-electron chi connectivity index (χ2n) is 9.21. The van der Waals surface area contributed by atoms with E-state index in [1.807, 2.05) is 38.1 Å². The average molecular weight is 437 g/mol. The molecule has 3 N–H and O–H groups in total. The molecule has 1 amide bonds. The molecule has 6 atom stereocenters. The van der Waals surface area contributed by atoms with Crippen molar-refractivity contribution < 1.29 is 15.0 Å². The van der Waals surface area contributed by atoms with Gasteiger partial charge in [-0.15, -0.1) is 11.8 Å². The van der Waals surface area contributed by atoms with Crippen molar-refractivity contribution in [2.75, 3.05) is 5.32 Å². The van der Waals surface area contributed by atoms with Gasteiger partial charge in [0.2, 0.25) is 5.91 Å². The van der Waals surface area contributed by atoms with E-state index in [0.29, 0.717) is 30.5 Å². The van der Waals surface area contributed by atoms with Gasteiger partial charge in [-0.3, -0.25) is 4.79 Å². The lowest BCUT2D eigenvalue weighted by Gasteiger charge is -2.19. The Labute approximate surface area is 192 Å². The monoisotopic (exact) mass is 436 g/mol. The molecule has 0 spiro atoms. The Morgan fingerprint density at radius 2 is 2.22 bits per heavy atom. The zero-order valence-corrected chi connectivity index (χ0v) is 19.2. The van der Waals surface area contributed by atoms with Gasteiger partial charge in [0.15, 0.2) is 0 Å². The fourth-order valence-corrected chi connectivity index (χ4v) is 4.97. The average Bonchev–Trinajstić information content (AvgIpc) is 3.30. The Morgan fingerprint density at radius 1 is 1.38 bits per heavy atom. The highest BCUT2D eigenvalue weighted by Gasteiger charge is 2.44. The van der Waals surface area contributed by atoms with E-state index in [1.54, 1.807) is 12.3 Å². The third-order valence-corrected chi connectivity index (χ3v) is 6.80. The van der Waals surface area contributed by atoms with Crippen molar-refractivity contribution in [1.82, 2.24) is 4.98 Å². The van der Waals surface area contributed by atoms with Crippen LogP contribution < -0.4 is 5.32 Å². The maximum Gasteiger partial charge on any atom is 0.225 e. The highest BCUT2D eigenvalue weighted by molar-refractivity contribution is 5.89. The van der Waals surface area contributed by atoms with Crippen LogP contribution in [-0.4, -0.2) is 33.3 Å². The molecule has 2 aliphatic carbocycles. The molecule has 2 saturated carbocycles. The van der Waals surface area contributed by atoms with Gasteiger partial charge < -0.3 is 15.5 Å². The Kier molecular flexibility index (Phi) is 9.08. The number of hydrogen-bond acceptors (Lipinski definition) is 4. The number of amides is 1. The Bertz CT molecular complexity index is 868. The molecule has 0 unspecified atom stereocenters. The number of hydrogen-bond donors (Lipinski definition) is 3. The molecule has 1 aromatic rings. The summed E-state index contributed by atoms with van der Waals surface area (Å²) in [6.07, 6.45) is 12.7. The van der Waals surface area contributed by atoms with Crippen molar-refractivity contribution in [3.8, 4) is 11.8 Å². The van der Waals surface area contributed by atoms with Crippen LogP contribution in [0.5, 0.6) is 0 Å². The molecular formula is C27H36N2O3. The normalized spacial score (nSPS) is 27.7. The van der Waals surface area contributed by atoms with E-state index in [0.717, 1.165) is 32.1 Å². The first kappa shape index (κ1) is 24.2. The van der Waals surface area contributed by atoms with Crippen LogP contribution in [0.25, 0.3) is 0 Å². The summed E-state index contributed by atoms with van der Waals surface area (Å²) >= 11 is 0. The van der Waals surface area contributed by atoms with Crippen molar-refractivity contribution in [3.63, 3.8) is 0 Å².